The van der Waals surface area contributed by atoms with E-state index in [0.717, 1.165) is 10.4 Å². The van der Waals surface area contributed by atoms with Crippen molar-refractivity contribution in [2.45, 2.75) is 29.1 Å². The molecule has 0 fully saturated rings. The third-order valence-electron chi connectivity index (χ3n) is 2.84. The van der Waals surface area contributed by atoms with Gasteiger partial charge in [-0.15, -0.1) is 0 Å². The third-order valence-corrected chi connectivity index (χ3v) is 6.39. The largest absolute Gasteiger partial charge is 0.502 e. The van der Waals surface area contributed by atoms with E-state index in [1.54, 1.807) is 0 Å². The first-order chi connectivity index (χ1) is 9.89. The molecule has 0 saturated carbocycles. The van der Waals surface area contributed by atoms with Gasteiger partial charge in [-0.3, -0.25) is 0 Å². The Labute approximate surface area is 125 Å². The van der Waals surface area contributed by atoms with Crippen molar-refractivity contribution < 1.29 is 34.4 Å². The maximum Gasteiger partial charge on any atom is 0.502 e. The monoisotopic (exact) mass is 363 g/mol. The van der Waals surface area contributed by atoms with Crippen LogP contribution >= 0.6 is 0 Å². The van der Waals surface area contributed by atoms with Gasteiger partial charge in [0.2, 0.25) is 10.0 Å². The number of benzene rings is 1. The van der Waals surface area contributed by atoms with Crippen LogP contribution in [-0.4, -0.2) is 39.7 Å². The van der Waals surface area contributed by atoms with Crippen LogP contribution in [0.4, 0.5) is 17.6 Å². The molecule has 0 aliphatic heterocycles. The summed E-state index contributed by atoms with van der Waals surface area (Å²) in [5, 5.41) is 0. The summed E-state index contributed by atoms with van der Waals surface area (Å²) in [6.45, 7) is 3.05. The highest BCUT2D eigenvalue weighted by Crippen LogP contribution is 2.33. The molecule has 0 saturated heterocycles. The van der Waals surface area contributed by atoms with Crippen molar-refractivity contribution in [3.63, 3.8) is 0 Å². The van der Waals surface area contributed by atoms with Crippen LogP contribution in [0.1, 0.15) is 13.8 Å². The average molecular weight is 363 g/mol. The molecule has 11 heteroatoms. The Morgan fingerprint density at radius 3 is 1.95 bits per heavy atom. The molecule has 22 heavy (non-hydrogen) atoms. The van der Waals surface area contributed by atoms with Gasteiger partial charge in [0.05, 0.1) is 4.90 Å². The minimum absolute atomic E-state index is 0.0254. The average Bonchev–Trinajstić information content (AvgIpc) is 2.38. The van der Waals surface area contributed by atoms with Crippen LogP contribution in [0.5, 0.6) is 0 Å². The number of sulfone groups is 1. The summed E-state index contributed by atoms with van der Waals surface area (Å²) < 4.78 is 98.8. The van der Waals surface area contributed by atoms with Crippen molar-refractivity contribution >= 4 is 19.9 Å². The standard InChI is InChI=1S/C11H13F4NO4S2/c1-3-16(4-2)22(19,20)8-5-6-9(12)10(7-8)21(17,18)11(13,14)15/h5-7H,3-4H2,1-2H3. The molecular weight excluding hydrogens is 350 g/mol. The van der Waals surface area contributed by atoms with Crippen LogP contribution in [0.25, 0.3) is 0 Å². The predicted octanol–water partition coefficient (Wildman–Crippen LogP) is 2.15. The molecule has 0 aromatic heterocycles. The van der Waals surface area contributed by atoms with Crippen LogP contribution in [-0.2, 0) is 19.9 Å². The molecule has 0 bridgehead atoms. The molecule has 1 rings (SSSR count). The van der Waals surface area contributed by atoms with E-state index in [0.29, 0.717) is 6.07 Å². The zero-order chi connectivity index (χ0) is 17.3. The van der Waals surface area contributed by atoms with Gasteiger partial charge in [0.15, 0.2) is 0 Å². The first kappa shape index (κ1) is 18.8. The highest BCUT2D eigenvalue weighted by molar-refractivity contribution is 7.92. The molecule has 1 aromatic rings. The van der Waals surface area contributed by atoms with Gasteiger partial charge in [-0.05, 0) is 18.2 Å². The molecule has 0 N–H and O–H groups in total. The second kappa shape index (κ2) is 6.13. The fourth-order valence-electron chi connectivity index (χ4n) is 1.69. The minimum atomic E-state index is -5.99. The van der Waals surface area contributed by atoms with E-state index in [1.165, 1.54) is 13.8 Å². The lowest BCUT2D eigenvalue weighted by atomic mass is 10.3. The van der Waals surface area contributed by atoms with E-state index in [1.807, 2.05) is 0 Å². The smallest absolute Gasteiger partial charge is 0.214 e. The van der Waals surface area contributed by atoms with Crippen molar-refractivity contribution in [1.82, 2.24) is 4.31 Å². The van der Waals surface area contributed by atoms with E-state index < -0.39 is 41.0 Å². The molecule has 0 heterocycles. The number of nitrogens with zero attached hydrogens (tertiary/aromatic N) is 1. The Balaban J connectivity index is 3.58. The molecule has 5 nitrogen and oxygen atoms in total. The molecular formula is C11H13F4NO4S2. The lowest BCUT2D eigenvalue weighted by molar-refractivity contribution is -0.0437. The van der Waals surface area contributed by atoms with E-state index in [-0.39, 0.29) is 19.2 Å². The van der Waals surface area contributed by atoms with Crippen molar-refractivity contribution in [2.75, 3.05) is 13.1 Å². The number of rotatable bonds is 5. The number of halogens is 4. The molecule has 126 valence electrons. The van der Waals surface area contributed by atoms with E-state index >= 15 is 0 Å². The summed E-state index contributed by atoms with van der Waals surface area (Å²) >= 11 is 0. The Morgan fingerprint density at radius 1 is 1.05 bits per heavy atom. The van der Waals surface area contributed by atoms with E-state index in [9.17, 15) is 34.4 Å². The van der Waals surface area contributed by atoms with Crippen molar-refractivity contribution in [3.05, 3.63) is 24.0 Å². The summed E-state index contributed by atoms with van der Waals surface area (Å²) in [5.41, 5.74) is -5.73. The van der Waals surface area contributed by atoms with E-state index in [2.05, 4.69) is 0 Å². The summed E-state index contributed by atoms with van der Waals surface area (Å²) in [7, 11) is -10.2. The fourth-order valence-corrected chi connectivity index (χ4v) is 4.10. The number of alkyl halides is 3. The van der Waals surface area contributed by atoms with Crippen LogP contribution in [0.15, 0.2) is 28.0 Å². The molecule has 0 aliphatic carbocycles. The second-order valence-corrected chi connectivity index (χ2v) is 7.98. The van der Waals surface area contributed by atoms with Gasteiger partial charge in [0.25, 0.3) is 9.84 Å². The van der Waals surface area contributed by atoms with Crippen molar-refractivity contribution in [2.24, 2.45) is 0 Å². The predicted molar refractivity (Wildman–Crippen MR) is 69.7 cm³/mol. The molecule has 0 aliphatic rings. The quantitative estimate of drug-likeness (QED) is 0.752. The van der Waals surface area contributed by atoms with Crippen LogP contribution < -0.4 is 0 Å². The lowest BCUT2D eigenvalue weighted by Crippen LogP contribution is -2.31. The molecule has 0 unspecified atom stereocenters. The Morgan fingerprint density at radius 2 is 1.55 bits per heavy atom. The first-order valence-electron chi connectivity index (χ1n) is 6.00. The Bertz CT molecular complexity index is 753. The summed E-state index contributed by atoms with van der Waals surface area (Å²) in [5.74, 6) is -1.67. The molecule has 1 aromatic carbocycles. The van der Waals surface area contributed by atoms with E-state index in [4.69, 9.17) is 0 Å². The topological polar surface area (TPSA) is 71.5 Å². The van der Waals surface area contributed by atoms with Gasteiger partial charge < -0.3 is 0 Å². The van der Waals surface area contributed by atoms with Crippen molar-refractivity contribution in [3.8, 4) is 0 Å². The minimum Gasteiger partial charge on any atom is -0.214 e. The van der Waals surface area contributed by atoms with Gasteiger partial charge in [-0.25, -0.2) is 21.2 Å². The fraction of sp³-hybridized carbons (Fsp3) is 0.455. The zero-order valence-corrected chi connectivity index (χ0v) is 13.2. The lowest BCUT2D eigenvalue weighted by Gasteiger charge is -2.19. The van der Waals surface area contributed by atoms with Crippen molar-refractivity contribution in [1.29, 1.82) is 0 Å². The van der Waals surface area contributed by atoms with Gasteiger partial charge in [-0.2, -0.15) is 17.5 Å². The van der Waals surface area contributed by atoms with Gasteiger partial charge in [-0.1, -0.05) is 13.8 Å². The molecule has 0 radical (unpaired) electrons. The second-order valence-electron chi connectivity index (χ2n) is 4.13. The molecule has 0 spiro atoms. The highest BCUT2D eigenvalue weighted by Gasteiger charge is 2.48. The first-order valence-corrected chi connectivity index (χ1v) is 8.93. The molecule has 0 amide bonds. The van der Waals surface area contributed by atoms with Crippen LogP contribution in [0.2, 0.25) is 0 Å². The summed E-state index contributed by atoms with van der Waals surface area (Å²) in [6.07, 6.45) is 0. The maximum atomic E-state index is 13.5. The van der Waals surface area contributed by atoms with Crippen LogP contribution in [0.3, 0.4) is 0 Å². The number of hydrogen-bond acceptors (Lipinski definition) is 4. The summed E-state index contributed by atoms with van der Waals surface area (Å²) in [4.78, 5) is -2.44. The van der Waals surface area contributed by atoms with Gasteiger partial charge in [0.1, 0.15) is 10.7 Å². The molecule has 0 atom stereocenters. The summed E-state index contributed by atoms with van der Waals surface area (Å²) in [6, 6.07) is 1.29. The highest BCUT2D eigenvalue weighted by atomic mass is 32.2. The normalized spacial score (nSPS) is 13.6. The Kier molecular flexibility index (Phi) is 5.25. The van der Waals surface area contributed by atoms with Gasteiger partial charge in [0, 0.05) is 13.1 Å². The Hall–Kier alpha value is -1.20. The maximum absolute atomic E-state index is 13.5. The third kappa shape index (κ3) is 3.25. The zero-order valence-electron chi connectivity index (χ0n) is 11.6. The number of hydrogen-bond donors (Lipinski definition) is 0. The SMILES string of the molecule is CCN(CC)S(=O)(=O)c1ccc(F)c(S(=O)(=O)C(F)(F)F)c1. The van der Waals surface area contributed by atoms with Crippen LogP contribution in [0, 0.1) is 5.82 Å². The number of sulfonamides is 1. The van der Waals surface area contributed by atoms with Gasteiger partial charge >= 0.3 is 5.51 Å².